The van der Waals surface area contributed by atoms with Crippen molar-refractivity contribution in [1.29, 1.82) is 0 Å². The summed E-state index contributed by atoms with van der Waals surface area (Å²) in [5.41, 5.74) is 7.39. The van der Waals surface area contributed by atoms with Crippen molar-refractivity contribution < 1.29 is 22.3 Å². The van der Waals surface area contributed by atoms with Gasteiger partial charge in [0.25, 0.3) is 0 Å². The van der Waals surface area contributed by atoms with Gasteiger partial charge in [-0.05, 0) is 77.4 Å². The molecule has 4 rings (SSSR count). The van der Waals surface area contributed by atoms with Gasteiger partial charge in [-0.15, -0.1) is 13.2 Å². The van der Waals surface area contributed by atoms with E-state index in [2.05, 4.69) is 41.7 Å². The molecule has 0 saturated heterocycles. The average molecular weight is 410 g/mol. The molecule has 3 aromatic carbocycles. The van der Waals surface area contributed by atoms with E-state index in [-0.39, 0.29) is 5.56 Å². The van der Waals surface area contributed by atoms with Crippen molar-refractivity contribution in [2.45, 2.75) is 32.5 Å². The molecule has 30 heavy (non-hydrogen) atoms. The van der Waals surface area contributed by atoms with Gasteiger partial charge in [0.05, 0.1) is 0 Å². The Kier molecular flexibility index (Phi) is 5.26. The largest absolute Gasteiger partial charge is 0.573 e. The van der Waals surface area contributed by atoms with Gasteiger partial charge in [-0.3, -0.25) is 0 Å². The van der Waals surface area contributed by atoms with E-state index in [4.69, 9.17) is 0 Å². The maximum Gasteiger partial charge on any atom is 0.573 e. The van der Waals surface area contributed by atoms with Crippen molar-refractivity contribution in [1.82, 2.24) is 0 Å². The van der Waals surface area contributed by atoms with Gasteiger partial charge in [-0.1, -0.05) is 43.0 Å². The third-order valence-electron chi connectivity index (χ3n) is 5.15. The van der Waals surface area contributed by atoms with E-state index in [1.54, 1.807) is 0 Å². The highest BCUT2D eigenvalue weighted by molar-refractivity contribution is 5.74. The van der Waals surface area contributed by atoms with Crippen LogP contribution < -0.4 is 4.74 Å². The normalized spacial score (nSPS) is 12.4. The lowest BCUT2D eigenvalue weighted by Gasteiger charge is -2.20. The number of aryl methyl sites for hydroxylation is 3. The summed E-state index contributed by atoms with van der Waals surface area (Å²) < 4.78 is 54.2. The van der Waals surface area contributed by atoms with E-state index in [0.29, 0.717) is 0 Å². The van der Waals surface area contributed by atoms with E-state index >= 15 is 0 Å². The number of halogens is 4. The summed E-state index contributed by atoms with van der Waals surface area (Å²) in [5, 5.41) is 0. The van der Waals surface area contributed by atoms with Crippen molar-refractivity contribution in [2.24, 2.45) is 0 Å². The molecule has 3 aromatic rings. The summed E-state index contributed by atoms with van der Waals surface area (Å²) in [7, 11) is 0. The van der Waals surface area contributed by atoms with Gasteiger partial charge in [-0.25, -0.2) is 4.39 Å². The maximum absolute atomic E-state index is 13.8. The smallest absolute Gasteiger partial charge is 0.403 e. The molecule has 152 valence electrons. The Morgan fingerprint density at radius 1 is 0.833 bits per heavy atom. The summed E-state index contributed by atoms with van der Waals surface area (Å²) in [6.07, 6.45) is -2.03. The van der Waals surface area contributed by atoms with Gasteiger partial charge in [0.1, 0.15) is 0 Å². The number of alkyl halides is 3. The van der Waals surface area contributed by atoms with Gasteiger partial charge < -0.3 is 4.74 Å². The SMILES string of the molecule is CCc1ccc2c(c1)CCc1cc(C#Cc3ccc(OC(F)(F)F)c(F)c3)ccc1-2. The topological polar surface area (TPSA) is 9.23 Å². The second-order valence-electron chi connectivity index (χ2n) is 7.16. The summed E-state index contributed by atoms with van der Waals surface area (Å²) in [5.74, 6) is 3.80. The van der Waals surface area contributed by atoms with Crippen LogP contribution in [0.1, 0.15) is 34.7 Å². The first-order valence-corrected chi connectivity index (χ1v) is 9.65. The molecule has 0 heterocycles. The molecular formula is C25H18F4O. The lowest BCUT2D eigenvalue weighted by molar-refractivity contribution is -0.275. The molecule has 0 radical (unpaired) electrons. The Bertz CT molecular complexity index is 1170. The first-order valence-electron chi connectivity index (χ1n) is 9.65. The Hall–Kier alpha value is -3.26. The van der Waals surface area contributed by atoms with E-state index in [1.807, 2.05) is 18.2 Å². The minimum Gasteiger partial charge on any atom is -0.403 e. The molecule has 0 N–H and O–H groups in total. The Balaban J connectivity index is 1.58. The zero-order chi connectivity index (χ0) is 21.3. The monoisotopic (exact) mass is 410 g/mol. The van der Waals surface area contributed by atoms with Crippen LogP contribution in [0.15, 0.2) is 54.6 Å². The van der Waals surface area contributed by atoms with Gasteiger partial charge >= 0.3 is 6.36 Å². The summed E-state index contributed by atoms with van der Waals surface area (Å²) >= 11 is 0. The molecule has 0 unspecified atom stereocenters. The lowest BCUT2D eigenvalue weighted by atomic mass is 9.84. The fraction of sp³-hybridized carbons (Fsp3) is 0.200. The van der Waals surface area contributed by atoms with Crippen LogP contribution in [-0.4, -0.2) is 6.36 Å². The highest BCUT2D eigenvalue weighted by atomic mass is 19.4. The van der Waals surface area contributed by atoms with Crippen molar-refractivity contribution in [3.05, 3.63) is 88.2 Å². The van der Waals surface area contributed by atoms with Crippen molar-refractivity contribution >= 4 is 0 Å². The number of fused-ring (bicyclic) bond motifs is 3. The molecule has 0 atom stereocenters. The highest BCUT2D eigenvalue weighted by Crippen LogP contribution is 2.34. The number of hydrogen-bond donors (Lipinski definition) is 0. The van der Waals surface area contributed by atoms with E-state index in [1.165, 1.54) is 33.9 Å². The van der Waals surface area contributed by atoms with Crippen molar-refractivity contribution in [2.75, 3.05) is 0 Å². The first kappa shape index (κ1) is 20.0. The molecule has 0 spiro atoms. The van der Waals surface area contributed by atoms with Crippen LogP contribution in [0.25, 0.3) is 11.1 Å². The van der Waals surface area contributed by atoms with Gasteiger partial charge in [0.2, 0.25) is 0 Å². The van der Waals surface area contributed by atoms with Crippen molar-refractivity contribution in [3.8, 4) is 28.7 Å². The second kappa shape index (κ2) is 7.87. The summed E-state index contributed by atoms with van der Waals surface area (Å²) in [6, 6.07) is 15.7. The highest BCUT2D eigenvalue weighted by Gasteiger charge is 2.32. The fourth-order valence-corrected chi connectivity index (χ4v) is 3.68. The molecule has 5 heteroatoms. The predicted octanol–water partition coefficient (Wildman–Crippen LogP) is 6.45. The zero-order valence-corrected chi connectivity index (χ0v) is 16.2. The van der Waals surface area contributed by atoms with Crippen molar-refractivity contribution in [3.63, 3.8) is 0 Å². The lowest BCUT2D eigenvalue weighted by Crippen LogP contribution is -2.17. The minimum atomic E-state index is -4.94. The average Bonchev–Trinajstić information content (AvgIpc) is 2.72. The standard InChI is InChI=1S/C25H18F4O/c1-2-16-5-10-21-19(13-16)8-9-20-14-17(6-11-22(20)21)3-4-18-7-12-24(23(26)15-18)30-25(27,28)29/h5-7,10-15H,2,8-9H2,1H3. The first-order chi connectivity index (χ1) is 14.3. The van der Waals surface area contributed by atoms with Crippen LogP contribution in [0.3, 0.4) is 0 Å². The summed E-state index contributed by atoms with van der Waals surface area (Å²) in [4.78, 5) is 0. The van der Waals surface area contributed by atoms with Gasteiger partial charge in [0, 0.05) is 11.1 Å². The van der Waals surface area contributed by atoms with E-state index in [0.717, 1.165) is 37.0 Å². The molecular weight excluding hydrogens is 392 g/mol. The zero-order valence-electron chi connectivity index (χ0n) is 16.2. The van der Waals surface area contributed by atoms with Crippen LogP contribution in [0.4, 0.5) is 17.6 Å². The third kappa shape index (κ3) is 4.33. The van der Waals surface area contributed by atoms with E-state index < -0.39 is 17.9 Å². The number of ether oxygens (including phenoxy) is 1. The number of benzene rings is 3. The van der Waals surface area contributed by atoms with Gasteiger partial charge in [-0.2, -0.15) is 0 Å². The molecule has 0 fully saturated rings. The van der Waals surface area contributed by atoms with E-state index in [9.17, 15) is 17.6 Å². The third-order valence-corrected chi connectivity index (χ3v) is 5.15. The van der Waals surface area contributed by atoms with Crippen LogP contribution in [0.5, 0.6) is 5.75 Å². The van der Waals surface area contributed by atoms with Crippen LogP contribution in [-0.2, 0) is 19.3 Å². The molecule has 1 nitrogen and oxygen atoms in total. The van der Waals surface area contributed by atoms with Gasteiger partial charge in [0.15, 0.2) is 11.6 Å². The molecule has 1 aliphatic rings. The Morgan fingerprint density at radius 2 is 1.43 bits per heavy atom. The maximum atomic E-state index is 13.8. The molecule has 0 aromatic heterocycles. The number of rotatable bonds is 2. The summed E-state index contributed by atoms with van der Waals surface area (Å²) in [6.45, 7) is 2.15. The molecule has 0 bridgehead atoms. The quantitative estimate of drug-likeness (QED) is 0.348. The minimum absolute atomic E-state index is 0.275. The molecule has 0 aliphatic heterocycles. The van der Waals surface area contributed by atoms with Crippen LogP contribution in [0, 0.1) is 17.7 Å². The Labute approximate surface area is 172 Å². The molecule has 0 amide bonds. The van der Waals surface area contributed by atoms with Crippen LogP contribution in [0.2, 0.25) is 0 Å². The van der Waals surface area contributed by atoms with Crippen LogP contribution >= 0.6 is 0 Å². The fourth-order valence-electron chi connectivity index (χ4n) is 3.68. The molecule has 1 aliphatic carbocycles. The predicted molar refractivity (Wildman–Crippen MR) is 108 cm³/mol. The molecule has 0 saturated carbocycles. The Morgan fingerprint density at radius 3 is 2.07 bits per heavy atom. The number of hydrogen-bond acceptors (Lipinski definition) is 1. The second-order valence-corrected chi connectivity index (χ2v) is 7.16.